The van der Waals surface area contributed by atoms with Gasteiger partial charge in [0.1, 0.15) is 73.6 Å². The number of carboxylic acids is 2. The van der Waals surface area contributed by atoms with Crippen LogP contribution < -0.4 is 29.6 Å². The zero-order chi connectivity index (χ0) is 48.7. The number of carboxylic acid groups (broad SMARTS) is 2. The molecule has 0 amide bonds. The highest BCUT2D eigenvalue weighted by atomic mass is 79.9. The largest absolute Gasteiger partial charge is 0.488 e. The number of nitriles is 2. The molecule has 0 aliphatic rings. The van der Waals surface area contributed by atoms with Crippen molar-refractivity contribution >= 4 is 67.0 Å². The van der Waals surface area contributed by atoms with Gasteiger partial charge in [-0.15, -0.1) is 0 Å². The number of aliphatic carboxylic acids is 2. The monoisotopic (exact) mass is 1090 g/mol. The molecule has 0 radical (unpaired) electrons. The van der Waals surface area contributed by atoms with Crippen LogP contribution in [-0.2, 0) is 49.1 Å². The summed E-state index contributed by atoms with van der Waals surface area (Å²) >= 11 is 21.0. The second-order valence-corrected chi connectivity index (χ2v) is 17.2. The van der Waals surface area contributed by atoms with Gasteiger partial charge in [0.15, 0.2) is 0 Å². The van der Waals surface area contributed by atoms with E-state index in [4.69, 9.17) is 42.1 Å². The van der Waals surface area contributed by atoms with Crippen molar-refractivity contribution in [2.45, 2.75) is 51.6 Å². The number of pyridine rings is 2. The van der Waals surface area contributed by atoms with Gasteiger partial charge in [0.05, 0.1) is 34.4 Å². The number of aliphatic hydroxyl groups is 2. The standard InChI is InChI=1S/C48H40Br2Cl2N6O10/c49-45-31(25-67-43-11-41(65-23-29-7-27(13-53)15-55-17-29)33(9-37(43)51)19-57-39(21-59)47(61)62)3-1-5-35(45)36-6-2-4-32(46(36)50)26-68-44-12-42(66-24-30-8-28(14-54)16-56-18-30)34(10-38(44)52)20-58-40(22-60)48(63)64/h1-12,15-18,39-40,57-60H,19-26H2,(H,61,62)(H,63,64). The molecule has 0 saturated carbocycles. The van der Waals surface area contributed by atoms with Gasteiger partial charge in [0.25, 0.3) is 0 Å². The van der Waals surface area contributed by atoms with Crippen LogP contribution in [0, 0.1) is 22.7 Å². The molecule has 0 spiro atoms. The van der Waals surface area contributed by atoms with Crippen LogP contribution in [0.2, 0.25) is 10.0 Å². The minimum Gasteiger partial charge on any atom is -0.488 e. The minimum atomic E-state index is -1.23. The molecule has 0 bridgehead atoms. The molecule has 20 heteroatoms. The van der Waals surface area contributed by atoms with Gasteiger partial charge in [-0.2, -0.15) is 10.5 Å². The summed E-state index contributed by atoms with van der Waals surface area (Å²) in [5.41, 5.74) is 6.13. The van der Waals surface area contributed by atoms with Crippen molar-refractivity contribution in [3.05, 3.63) is 161 Å². The van der Waals surface area contributed by atoms with Crippen molar-refractivity contribution < 1.29 is 49.0 Å². The van der Waals surface area contributed by atoms with Gasteiger partial charge < -0.3 is 39.4 Å². The van der Waals surface area contributed by atoms with E-state index in [-0.39, 0.29) is 61.1 Å². The summed E-state index contributed by atoms with van der Waals surface area (Å²) in [5, 5.41) is 62.7. The second kappa shape index (κ2) is 24.6. The second-order valence-electron chi connectivity index (χ2n) is 14.8. The van der Waals surface area contributed by atoms with Crippen molar-refractivity contribution in [2.75, 3.05) is 13.2 Å². The number of halogens is 4. The number of benzene rings is 4. The Balaban J connectivity index is 1.20. The predicted octanol–water partition coefficient (Wildman–Crippen LogP) is 8.10. The van der Waals surface area contributed by atoms with Crippen LogP contribution in [0.1, 0.15) is 44.5 Å². The smallest absolute Gasteiger partial charge is 0.323 e. The van der Waals surface area contributed by atoms with Crippen LogP contribution in [0.3, 0.4) is 0 Å². The lowest BCUT2D eigenvalue weighted by atomic mass is 10.0. The number of aromatic nitrogens is 2. The van der Waals surface area contributed by atoms with Gasteiger partial charge in [-0.25, -0.2) is 0 Å². The number of hydrogen-bond donors (Lipinski definition) is 6. The maximum atomic E-state index is 11.6. The number of ether oxygens (including phenoxy) is 4. The molecule has 0 aliphatic heterocycles. The first-order valence-corrected chi connectivity index (χ1v) is 22.7. The molecule has 2 atom stereocenters. The van der Waals surface area contributed by atoms with Crippen molar-refractivity contribution in [1.82, 2.24) is 20.6 Å². The maximum absolute atomic E-state index is 11.6. The molecule has 2 heterocycles. The van der Waals surface area contributed by atoms with Gasteiger partial charge >= 0.3 is 11.9 Å². The van der Waals surface area contributed by atoms with Gasteiger partial charge in [-0.1, -0.05) is 59.6 Å². The first-order chi connectivity index (χ1) is 32.8. The van der Waals surface area contributed by atoms with E-state index in [0.717, 1.165) is 31.2 Å². The first-order valence-electron chi connectivity index (χ1n) is 20.4. The van der Waals surface area contributed by atoms with Crippen LogP contribution in [0.5, 0.6) is 23.0 Å². The number of rotatable bonds is 23. The number of nitrogens with zero attached hydrogens (tertiary/aromatic N) is 4. The number of aliphatic hydroxyl groups excluding tert-OH is 2. The fourth-order valence-electron chi connectivity index (χ4n) is 6.53. The molecule has 2 unspecified atom stereocenters. The summed E-state index contributed by atoms with van der Waals surface area (Å²) in [6.07, 6.45) is 5.99. The molecule has 68 heavy (non-hydrogen) atoms. The van der Waals surface area contributed by atoms with Gasteiger partial charge in [-0.05, 0) is 67.3 Å². The number of hydrogen-bond acceptors (Lipinski definition) is 14. The highest BCUT2D eigenvalue weighted by Crippen LogP contribution is 2.40. The van der Waals surface area contributed by atoms with Crippen LogP contribution in [-0.4, -0.2) is 67.6 Å². The Morgan fingerprint density at radius 2 is 0.985 bits per heavy atom. The summed E-state index contributed by atoms with van der Waals surface area (Å²) in [5.74, 6) is -1.26. The van der Waals surface area contributed by atoms with Crippen LogP contribution in [0.25, 0.3) is 11.1 Å². The van der Waals surface area contributed by atoms with E-state index < -0.39 is 37.2 Å². The zero-order valence-corrected chi connectivity index (χ0v) is 40.3. The van der Waals surface area contributed by atoms with Crippen LogP contribution in [0.15, 0.2) is 107 Å². The quantitative estimate of drug-likeness (QED) is 0.0355. The molecule has 2 aromatic heterocycles. The lowest BCUT2D eigenvalue weighted by Crippen LogP contribution is -2.39. The van der Waals surface area contributed by atoms with Crippen molar-refractivity contribution in [1.29, 1.82) is 10.5 Å². The summed E-state index contributed by atoms with van der Waals surface area (Å²) in [4.78, 5) is 31.3. The summed E-state index contributed by atoms with van der Waals surface area (Å²) in [6.45, 7) is -1.10. The van der Waals surface area contributed by atoms with Gasteiger partial charge in [0.2, 0.25) is 0 Å². The molecule has 0 fully saturated rings. The molecule has 0 saturated heterocycles. The predicted molar refractivity (Wildman–Crippen MR) is 256 cm³/mol. The minimum absolute atomic E-state index is 0.0104. The fraction of sp³-hybridized carbons (Fsp3) is 0.208. The average Bonchev–Trinajstić information content (AvgIpc) is 3.33. The summed E-state index contributed by atoms with van der Waals surface area (Å²) in [7, 11) is 0. The Hall–Kier alpha value is -6.32. The van der Waals surface area contributed by atoms with E-state index >= 15 is 0 Å². The van der Waals surface area contributed by atoms with E-state index in [1.807, 2.05) is 48.5 Å². The molecule has 4 aromatic carbocycles. The van der Waals surface area contributed by atoms with Gasteiger partial charge in [0, 0.05) is 92.3 Å². The van der Waals surface area contributed by atoms with E-state index in [2.05, 4.69) is 52.5 Å². The topological polar surface area (TPSA) is 249 Å². The average molecular weight is 1090 g/mol. The molecule has 350 valence electrons. The van der Waals surface area contributed by atoms with E-state index in [1.165, 1.54) is 12.4 Å². The Kier molecular flexibility index (Phi) is 18.5. The molecule has 0 aliphatic carbocycles. The normalized spacial score (nSPS) is 11.8. The van der Waals surface area contributed by atoms with E-state index in [9.17, 15) is 40.5 Å². The highest BCUT2D eigenvalue weighted by Gasteiger charge is 2.21. The molecular formula is C48H40Br2Cl2N6O10. The summed E-state index contributed by atoms with van der Waals surface area (Å²) in [6, 6.07) is 22.7. The third-order valence-electron chi connectivity index (χ3n) is 10.1. The van der Waals surface area contributed by atoms with Crippen molar-refractivity contribution in [3.8, 4) is 46.3 Å². The molecule has 16 nitrogen and oxygen atoms in total. The molecule has 6 rings (SSSR count). The third-order valence-corrected chi connectivity index (χ3v) is 12.6. The Morgan fingerprint density at radius 3 is 1.35 bits per heavy atom. The Morgan fingerprint density at radius 1 is 0.588 bits per heavy atom. The van der Waals surface area contributed by atoms with Crippen molar-refractivity contribution in [3.63, 3.8) is 0 Å². The van der Waals surface area contributed by atoms with E-state index in [0.29, 0.717) is 44.9 Å². The molecule has 6 aromatic rings. The first kappa shape index (κ1) is 51.1. The molecular weight excluding hydrogens is 1050 g/mol. The molecule has 6 N–H and O–H groups in total. The zero-order valence-electron chi connectivity index (χ0n) is 35.6. The number of carbonyl (C=O) groups is 2. The van der Waals surface area contributed by atoms with Crippen molar-refractivity contribution in [2.24, 2.45) is 0 Å². The lowest BCUT2D eigenvalue weighted by molar-refractivity contribution is -0.141. The Labute approximate surface area is 416 Å². The van der Waals surface area contributed by atoms with Gasteiger partial charge in [-0.3, -0.25) is 30.2 Å². The SMILES string of the molecule is N#Cc1cncc(COc2cc(OCc3cccc(-c4cccc(COc5cc(OCc6cncc(C#N)c6)c(CNC(CO)C(=O)O)cc5Cl)c4Br)c3Br)c(Cl)cc2CNC(CO)C(=O)O)c1. The lowest BCUT2D eigenvalue weighted by Gasteiger charge is -2.19. The number of nitrogens with one attached hydrogen (secondary N) is 2. The Bertz CT molecular complexity index is 2690. The highest BCUT2D eigenvalue weighted by molar-refractivity contribution is 9.11. The maximum Gasteiger partial charge on any atom is 0.323 e. The van der Waals surface area contributed by atoms with Crippen LogP contribution in [0.4, 0.5) is 0 Å². The third kappa shape index (κ3) is 13.4. The summed E-state index contributed by atoms with van der Waals surface area (Å²) < 4.78 is 26.3. The fourth-order valence-corrected chi connectivity index (χ4v) is 8.20. The van der Waals surface area contributed by atoms with Crippen LogP contribution >= 0.6 is 55.1 Å². The van der Waals surface area contributed by atoms with E-state index in [1.54, 1.807) is 48.8 Å².